The first-order valence-electron chi connectivity index (χ1n) is 8.62. The number of methoxy groups -OCH3 is 1. The van der Waals surface area contributed by atoms with Crippen molar-refractivity contribution in [3.05, 3.63) is 66.0 Å². The summed E-state index contributed by atoms with van der Waals surface area (Å²) < 4.78 is 7.31. The van der Waals surface area contributed by atoms with E-state index in [2.05, 4.69) is 27.6 Å². The molecule has 1 aromatic heterocycles. The van der Waals surface area contributed by atoms with Crippen LogP contribution in [0.3, 0.4) is 0 Å². The van der Waals surface area contributed by atoms with Crippen LogP contribution in [-0.2, 0) is 11.3 Å². The van der Waals surface area contributed by atoms with E-state index in [9.17, 15) is 4.79 Å². The molecule has 0 aliphatic carbocycles. The molecule has 140 valence electrons. The molecular weight excluding hydrogens is 360 g/mol. The van der Waals surface area contributed by atoms with Crippen LogP contribution in [0.25, 0.3) is 0 Å². The van der Waals surface area contributed by atoms with Crippen LogP contribution in [0.1, 0.15) is 18.3 Å². The quantitative estimate of drug-likeness (QED) is 0.630. The van der Waals surface area contributed by atoms with Crippen molar-refractivity contribution in [2.75, 3.05) is 12.4 Å². The predicted octanol–water partition coefficient (Wildman–Crippen LogP) is 3.76. The van der Waals surface area contributed by atoms with Gasteiger partial charge in [-0.25, -0.2) is 0 Å². The molecule has 0 saturated heterocycles. The van der Waals surface area contributed by atoms with Crippen molar-refractivity contribution >= 4 is 23.4 Å². The zero-order valence-electron chi connectivity index (χ0n) is 15.5. The Hall–Kier alpha value is -2.80. The van der Waals surface area contributed by atoms with E-state index in [4.69, 9.17) is 4.74 Å². The molecule has 3 aromatic rings. The number of anilines is 1. The highest BCUT2D eigenvalue weighted by molar-refractivity contribution is 8.00. The van der Waals surface area contributed by atoms with Gasteiger partial charge in [-0.15, -0.1) is 10.2 Å². The van der Waals surface area contributed by atoms with Crippen molar-refractivity contribution in [1.82, 2.24) is 14.8 Å². The molecule has 27 heavy (non-hydrogen) atoms. The van der Waals surface area contributed by atoms with Crippen molar-refractivity contribution in [1.29, 1.82) is 0 Å². The van der Waals surface area contributed by atoms with Gasteiger partial charge in [-0.05, 0) is 31.5 Å². The Morgan fingerprint density at radius 1 is 1.15 bits per heavy atom. The molecule has 0 spiro atoms. The van der Waals surface area contributed by atoms with E-state index in [0.29, 0.717) is 18.0 Å². The van der Waals surface area contributed by atoms with Gasteiger partial charge in [0.15, 0.2) is 5.16 Å². The summed E-state index contributed by atoms with van der Waals surface area (Å²) in [4.78, 5) is 12.6. The number of para-hydroxylation sites is 2. The number of rotatable bonds is 7. The molecule has 0 bridgehead atoms. The number of aryl methyl sites for hydroxylation is 1. The average molecular weight is 382 g/mol. The molecular formula is C20H22N4O2S. The number of hydrogen-bond acceptors (Lipinski definition) is 5. The number of carbonyl (C=O) groups is 1. The molecule has 2 aromatic carbocycles. The van der Waals surface area contributed by atoms with Crippen LogP contribution >= 0.6 is 11.8 Å². The van der Waals surface area contributed by atoms with Gasteiger partial charge < -0.3 is 14.6 Å². The van der Waals surface area contributed by atoms with Gasteiger partial charge >= 0.3 is 0 Å². The maximum Gasteiger partial charge on any atom is 0.237 e. The minimum absolute atomic E-state index is 0.114. The lowest BCUT2D eigenvalue weighted by Crippen LogP contribution is -2.23. The van der Waals surface area contributed by atoms with Crippen LogP contribution in [0.15, 0.2) is 59.8 Å². The highest BCUT2D eigenvalue weighted by Crippen LogP contribution is 2.27. The molecule has 1 unspecified atom stereocenters. The van der Waals surface area contributed by atoms with Crippen LogP contribution in [0.4, 0.5) is 5.69 Å². The van der Waals surface area contributed by atoms with Crippen LogP contribution < -0.4 is 10.1 Å². The third-order valence-corrected chi connectivity index (χ3v) is 5.18. The van der Waals surface area contributed by atoms with E-state index in [-0.39, 0.29) is 11.2 Å². The van der Waals surface area contributed by atoms with Crippen LogP contribution in [0.5, 0.6) is 5.75 Å². The summed E-state index contributed by atoms with van der Waals surface area (Å²) in [5, 5.41) is 11.7. The van der Waals surface area contributed by atoms with Crippen molar-refractivity contribution in [2.45, 2.75) is 30.8 Å². The van der Waals surface area contributed by atoms with Crippen LogP contribution in [-0.4, -0.2) is 33.0 Å². The monoisotopic (exact) mass is 382 g/mol. The van der Waals surface area contributed by atoms with Gasteiger partial charge in [0.25, 0.3) is 0 Å². The van der Waals surface area contributed by atoms with Crippen molar-refractivity contribution in [2.24, 2.45) is 0 Å². The Labute approximate surface area is 163 Å². The lowest BCUT2D eigenvalue weighted by Gasteiger charge is -2.14. The molecule has 1 amide bonds. The number of ether oxygens (including phenoxy) is 1. The molecule has 3 rings (SSSR count). The molecule has 6 nitrogen and oxygen atoms in total. The number of nitrogens with one attached hydrogen (secondary N) is 1. The number of carbonyl (C=O) groups excluding carboxylic acids is 1. The summed E-state index contributed by atoms with van der Waals surface area (Å²) in [5.41, 5.74) is 1.81. The molecule has 1 heterocycles. The molecule has 1 atom stereocenters. The first kappa shape index (κ1) is 19.0. The molecule has 0 fully saturated rings. The maximum absolute atomic E-state index is 12.6. The number of thioether (sulfide) groups is 1. The fraction of sp³-hybridized carbons (Fsp3) is 0.250. The molecule has 0 saturated carbocycles. The largest absolute Gasteiger partial charge is 0.495 e. The highest BCUT2D eigenvalue weighted by Gasteiger charge is 2.20. The average Bonchev–Trinajstić information content (AvgIpc) is 3.02. The van der Waals surface area contributed by atoms with Gasteiger partial charge in [-0.3, -0.25) is 4.79 Å². The summed E-state index contributed by atoms with van der Waals surface area (Å²) in [5.74, 6) is 1.33. The summed E-state index contributed by atoms with van der Waals surface area (Å²) in [6, 6.07) is 17.5. The smallest absolute Gasteiger partial charge is 0.237 e. The number of amides is 1. The summed E-state index contributed by atoms with van der Waals surface area (Å²) in [7, 11) is 1.58. The standard InChI is InChI=1S/C20H22N4O2S/c1-14(19(25)21-17-11-7-8-12-18(17)26-3)27-20-23-22-15(2)24(20)13-16-9-5-4-6-10-16/h4-12,14H,13H2,1-3H3,(H,21,25). The number of nitrogens with zero attached hydrogens (tertiary/aromatic N) is 3. The lowest BCUT2D eigenvalue weighted by molar-refractivity contribution is -0.115. The van der Waals surface area contributed by atoms with Crippen LogP contribution in [0, 0.1) is 6.92 Å². The van der Waals surface area contributed by atoms with Gasteiger partial charge in [-0.2, -0.15) is 0 Å². The fourth-order valence-electron chi connectivity index (χ4n) is 2.59. The van der Waals surface area contributed by atoms with E-state index in [1.54, 1.807) is 7.11 Å². The second-order valence-corrected chi connectivity index (χ2v) is 7.36. The Morgan fingerprint density at radius 2 is 1.85 bits per heavy atom. The number of benzene rings is 2. The van der Waals surface area contributed by atoms with Crippen LogP contribution in [0.2, 0.25) is 0 Å². The molecule has 0 aliphatic rings. The molecule has 1 N–H and O–H groups in total. The topological polar surface area (TPSA) is 69.0 Å². The Balaban J connectivity index is 1.70. The summed E-state index contributed by atoms with van der Waals surface area (Å²) in [6.45, 7) is 4.44. The number of hydrogen-bond donors (Lipinski definition) is 1. The minimum Gasteiger partial charge on any atom is -0.495 e. The van der Waals surface area contributed by atoms with Crippen molar-refractivity contribution in [3.63, 3.8) is 0 Å². The molecule has 7 heteroatoms. The van der Waals surface area contributed by atoms with E-state index in [1.807, 2.05) is 60.9 Å². The van der Waals surface area contributed by atoms with E-state index < -0.39 is 0 Å². The van der Waals surface area contributed by atoms with Gasteiger partial charge in [0.1, 0.15) is 11.6 Å². The summed E-state index contributed by atoms with van der Waals surface area (Å²) in [6.07, 6.45) is 0. The summed E-state index contributed by atoms with van der Waals surface area (Å²) >= 11 is 1.39. The normalized spacial score (nSPS) is 11.8. The fourth-order valence-corrected chi connectivity index (χ4v) is 3.48. The van der Waals surface area contributed by atoms with Gasteiger partial charge in [-0.1, -0.05) is 54.2 Å². The van der Waals surface area contributed by atoms with E-state index in [0.717, 1.165) is 16.5 Å². The van der Waals surface area contributed by atoms with Crippen molar-refractivity contribution in [3.8, 4) is 5.75 Å². The van der Waals surface area contributed by atoms with Gasteiger partial charge in [0.2, 0.25) is 5.91 Å². The number of aromatic nitrogens is 3. The molecule has 0 radical (unpaired) electrons. The molecule has 0 aliphatic heterocycles. The lowest BCUT2D eigenvalue weighted by atomic mass is 10.2. The van der Waals surface area contributed by atoms with E-state index >= 15 is 0 Å². The van der Waals surface area contributed by atoms with Gasteiger partial charge in [0, 0.05) is 0 Å². The Kier molecular flexibility index (Phi) is 6.13. The zero-order chi connectivity index (χ0) is 19.2. The maximum atomic E-state index is 12.6. The Bertz CT molecular complexity index is 911. The third-order valence-electron chi connectivity index (χ3n) is 4.10. The first-order valence-corrected chi connectivity index (χ1v) is 9.50. The van der Waals surface area contributed by atoms with Gasteiger partial charge in [0.05, 0.1) is 24.6 Å². The Morgan fingerprint density at radius 3 is 2.59 bits per heavy atom. The zero-order valence-corrected chi connectivity index (χ0v) is 16.4. The first-order chi connectivity index (χ1) is 13.1. The third kappa shape index (κ3) is 4.68. The second-order valence-electron chi connectivity index (χ2n) is 6.05. The predicted molar refractivity (Wildman–Crippen MR) is 107 cm³/mol. The minimum atomic E-state index is -0.340. The van der Waals surface area contributed by atoms with Crippen molar-refractivity contribution < 1.29 is 9.53 Å². The SMILES string of the molecule is COc1ccccc1NC(=O)C(C)Sc1nnc(C)n1Cc1ccccc1. The van der Waals surface area contributed by atoms with E-state index in [1.165, 1.54) is 11.8 Å². The highest BCUT2D eigenvalue weighted by atomic mass is 32.2. The second kappa shape index (κ2) is 8.73.